The molecule has 0 radical (unpaired) electrons. The third-order valence-corrected chi connectivity index (χ3v) is 3.55. The van der Waals surface area contributed by atoms with Crippen molar-refractivity contribution in [3.8, 4) is 0 Å². The van der Waals surface area contributed by atoms with Crippen molar-refractivity contribution in [3.05, 3.63) is 59.5 Å². The van der Waals surface area contributed by atoms with Gasteiger partial charge in [-0.2, -0.15) is 0 Å². The lowest BCUT2D eigenvalue weighted by Crippen LogP contribution is -2.42. The van der Waals surface area contributed by atoms with Crippen LogP contribution in [0.3, 0.4) is 0 Å². The molecule has 1 aliphatic heterocycles. The second-order valence-corrected chi connectivity index (χ2v) is 4.99. The highest BCUT2D eigenvalue weighted by Gasteiger charge is 2.28. The predicted octanol–water partition coefficient (Wildman–Crippen LogP) is 2.19. The number of ether oxygens (including phenoxy) is 1. The van der Waals surface area contributed by atoms with Crippen molar-refractivity contribution in [1.29, 1.82) is 0 Å². The van der Waals surface area contributed by atoms with Gasteiger partial charge in [0.15, 0.2) is 5.76 Å². The second-order valence-electron chi connectivity index (χ2n) is 4.99. The zero-order chi connectivity index (χ0) is 15.5. The van der Waals surface area contributed by atoms with E-state index in [1.54, 1.807) is 4.90 Å². The molecule has 0 saturated carbocycles. The monoisotopic (exact) mass is 301 g/mol. The zero-order valence-electron chi connectivity index (χ0n) is 11.8. The molecule has 114 valence electrons. The summed E-state index contributed by atoms with van der Waals surface area (Å²) in [6.07, 6.45) is -0.187. The van der Waals surface area contributed by atoms with Crippen molar-refractivity contribution in [1.82, 2.24) is 4.90 Å². The molecule has 1 amide bonds. The van der Waals surface area contributed by atoms with E-state index >= 15 is 0 Å². The van der Waals surface area contributed by atoms with Crippen LogP contribution in [-0.4, -0.2) is 41.6 Å². The van der Waals surface area contributed by atoms with E-state index in [0.717, 1.165) is 5.56 Å². The molecule has 1 saturated heterocycles. The van der Waals surface area contributed by atoms with Crippen molar-refractivity contribution in [2.24, 2.45) is 0 Å². The Bertz CT molecular complexity index is 679. The number of carboxylic acid groups (broad SMARTS) is 1. The summed E-state index contributed by atoms with van der Waals surface area (Å²) in [7, 11) is 0. The predicted molar refractivity (Wildman–Crippen MR) is 76.7 cm³/mol. The van der Waals surface area contributed by atoms with Crippen LogP contribution in [-0.2, 0) is 4.74 Å². The van der Waals surface area contributed by atoms with Crippen molar-refractivity contribution >= 4 is 11.9 Å². The summed E-state index contributed by atoms with van der Waals surface area (Å²) in [5.74, 6) is -1.72. The van der Waals surface area contributed by atoms with E-state index in [-0.39, 0.29) is 23.5 Å². The first kappa shape index (κ1) is 14.3. The number of hydrogen-bond donors (Lipinski definition) is 1. The Kier molecular flexibility index (Phi) is 3.93. The average Bonchev–Trinajstić information content (AvgIpc) is 3.05. The molecule has 6 nitrogen and oxygen atoms in total. The number of morpholine rings is 1. The summed E-state index contributed by atoms with van der Waals surface area (Å²) in [6, 6.07) is 12.3. The number of furan rings is 1. The minimum atomic E-state index is -1.19. The molecule has 6 heteroatoms. The van der Waals surface area contributed by atoms with Crippen LogP contribution in [0.2, 0.25) is 0 Å². The molecule has 1 aromatic carbocycles. The largest absolute Gasteiger partial charge is 0.475 e. The van der Waals surface area contributed by atoms with Gasteiger partial charge in [0.25, 0.3) is 5.91 Å². The SMILES string of the molecule is O=C(O)c1ccc(C(=O)N2CCOC(c3ccccc3)C2)o1. The van der Waals surface area contributed by atoms with Gasteiger partial charge in [-0.3, -0.25) is 4.79 Å². The number of carbonyl (C=O) groups is 2. The van der Waals surface area contributed by atoms with E-state index in [0.29, 0.717) is 19.7 Å². The number of carboxylic acids is 1. The number of aromatic carboxylic acids is 1. The number of carbonyl (C=O) groups excluding carboxylic acids is 1. The molecule has 2 heterocycles. The molecule has 1 fully saturated rings. The van der Waals surface area contributed by atoms with E-state index in [4.69, 9.17) is 14.3 Å². The fourth-order valence-electron chi connectivity index (χ4n) is 2.43. The molecule has 2 aromatic rings. The van der Waals surface area contributed by atoms with Crippen molar-refractivity contribution < 1.29 is 23.8 Å². The van der Waals surface area contributed by atoms with Gasteiger partial charge in [0.05, 0.1) is 13.2 Å². The van der Waals surface area contributed by atoms with Gasteiger partial charge in [-0.15, -0.1) is 0 Å². The average molecular weight is 301 g/mol. The fourth-order valence-corrected chi connectivity index (χ4v) is 2.43. The third-order valence-electron chi connectivity index (χ3n) is 3.55. The summed E-state index contributed by atoms with van der Waals surface area (Å²) >= 11 is 0. The summed E-state index contributed by atoms with van der Waals surface area (Å²) in [4.78, 5) is 24.8. The Labute approximate surface area is 126 Å². The molecule has 1 unspecified atom stereocenters. The lowest BCUT2D eigenvalue weighted by Gasteiger charge is -2.32. The van der Waals surface area contributed by atoms with E-state index in [1.807, 2.05) is 30.3 Å². The molecular weight excluding hydrogens is 286 g/mol. The number of amides is 1. The van der Waals surface area contributed by atoms with Gasteiger partial charge in [-0.05, 0) is 17.7 Å². The number of hydrogen-bond acceptors (Lipinski definition) is 4. The van der Waals surface area contributed by atoms with Crippen LogP contribution in [0.15, 0.2) is 46.9 Å². The normalized spacial score (nSPS) is 18.2. The maximum absolute atomic E-state index is 12.4. The first-order valence-corrected chi connectivity index (χ1v) is 6.94. The van der Waals surface area contributed by atoms with Crippen LogP contribution in [0.5, 0.6) is 0 Å². The molecule has 0 aliphatic carbocycles. The van der Waals surface area contributed by atoms with Crippen LogP contribution in [0.25, 0.3) is 0 Å². The van der Waals surface area contributed by atoms with Gasteiger partial charge in [-0.25, -0.2) is 4.79 Å². The van der Waals surface area contributed by atoms with E-state index in [2.05, 4.69) is 0 Å². The van der Waals surface area contributed by atoms with Crippen molar-refractivity contribution in [2.45, 2.75) is 6.10 Å². The highest BCUT2D eigenvalue weighted by atomic mass is 16.5. The Balaban J connectivity index is 1.73. The fraction of sp³-hybridized carbons (Fsp3) is 0.250. The summed E-state index contributed by atoms with van der Waals surface area (Å²) in [5.41, 5.74) is 1.01. The Morgan fingerprint density at radius 2 is 1.82 bits per heavy atom. The van der Waals surface area contributed by atoms with Gasteiger partial charge in [0, 0.05) is 6.54 Å². The molecule has 1 atom stereocenters. The van der Waals surface area contributed by atoms with Gasteiger partial charge < -0.3 is 19.2 Å². The number of nitrogens with zero attached hydrogens (tertiary/aromatic N) is 1. The molecule has 1 aliphatic rings. The van der Waals surface area contributed by atoms with Gasteiger partial charge >= 0.3 is 5.97 Å². The van der Waals surface area contributed by atoms with Crippen LogP contribution >= 0.6 is 0 Å². The van der Waals surface area contributed by atoms with Crippen molar-refractivity contribution in [2.75, 3.05) is 19.7 Å². The molecule has 0 spiro atoms. The number of rotatable bonds is 3. The summed E-state index contributed by atoms with van der Waals surface area (Å²) < 4.78 is 10.8. The van der Waals surface area contributed by atoms with Gasteiger partial charge in [-0.1, -0.05) is 30.3 Å². The van der Waals surface area contributed by atoms with Crippen molar-refractivity contribution in [3.63, 3.8) is 0 Å². The Hall–Kier alpha value is -2.60. The smallest absolute Gasteiger partial charge is 0.371 e. The minimum absolute atomic E-state index is 0.0334. The Morgan fingerprint density at radius 3 is 2.50 bits per heavy atom. The van der Waals surface area contributed by atoms with Crippen LogP contribution in [0.1, 0.15) is 32.8 Å². The lowest BCUT2D eigenvalue weighted by molar-refractivity contribution is -0.0238. The summed E-state index contributed by atoms with van der Waals surface area (Å²) in [5, 5.41) is 8.84. The van der Waals surface area contributed by atoms with Gasteiger partial charge in [0.1, 0.15) is 6.10 Å². The molecule has 1 aromatic heterocycles. The maximum Gasteiger partial charge on any atom is 0.371 e. The first-order valence-electron chi connectivity index (χ1n) is 6.94. The van der Waals surface area contributed by atoms with Crippen LogP contribution in [0, 0.1) is 0 Å². The second kappa shape index (κ2) is 6.03. The molecule has 1 N–H and O–H groups in total. The summed E-state index contributed by atoms with van der Waals surface area (Å²) in [6.45, 7) is 1.29. The van der Waals surface area contributed by atoms with Crippen LogP contribution in [0.4, 0.5) is 0 Å². The molecule has 0 bridgehead atoms. The highest BCUT2D eigenvalue weighted by Crippen LogP contribution is 2.23. The number of benzene rings is 1. The molecule has 22 heavy (non-hydrogen) atoms. The maximum atomic E-state index is 12.4. The third kappa shape index (κ3) is 2.87. The highest BCUT2D eigenvalue weighted by molar-refractivity contribution is 5.93. The van der Waals surface area contributed by atoms with E-state index in [1.165, 1.54) is 12.1 Å². The molecule has 3 rings (SSSR count). The first-order chi connectivity index (χ1) is 10.6. The Morgan fingerprint density at radius 1 is 1.09 bits per heavy atom. The topological polar surface area (TPSA) is 80.0 Å². The van der Waals surface area contributed by atoms with Gasteiger partial charge in [0.2, 0.25) is 5.76 Å². The quantitative estimate of drug-likeness (QED) is 0.940. The van der Waals surface area contributed by atoms with E-state index < -0.39 is 5.97 Å². The zero-order valence-corrected chi connectivity index (χ0v) is 11.8. The molecular formula is C16H15NO5. The van der Waals surface area contributed by atoms with Crippen LogP contribution < -0.4 is 0 Å². The standard InChI is InChI=1S/C16H15NO5/c18-15(12-6-7-13(22-12)16(19)20)17-8-9-21-14(10-17)11-4-2-1-3-5-11/h1-7,14H,8-10H2,(H,19,20). The van der Waals surface area contributed by atoms with E-state index in [9.17, 15) is 9.59 Å². The minimum Gasteiger partial charge on any atom is -0.475 e. The lowest BCUT2D eigenvalue weighted by atomic mass is 10.1.